The summed E-state index contributed by atoms with van der Waals surface area (Å²) in [6.45, 7) is 5.91. The predicted octanol–water partition coefficient (Wildman–Crippen LogP) is 1.92. The smallest absolute Gasteiger partial charge is 0.176 e. The molecule has 0 aliphatic heterocycles. The molecule has 0 amide bonds. The molecule has 0 saturated carbocycles. The van der Waals surface area contributed by atoms with E-state index in [0.717, 1.165) is 11.3 Å². The van der Waals surface area contributed by atoms with Gasteiger partial charge in [0.2, 0.25) is 0 Å². The predicted molar refractivity (Wildman–Crippen MR) is 60.3 cm³/mol. The lowest BCUT2D eigenvalue weighted by Crippen LogP contribution is -2.14. The second-order valence-electron chi connectivity index (χ2n) is 3.77. The van der Waals surface area contributed by atoms with Crippen molar-refractivity contribution in [3.05, 3.63) is 29.3 Å². The number of ketones is 1. The molecule has 15 heavy (non-hydrogen) atoms. The van der Waals surface area contributed by atoms with E-state index in [1.54, 1.807) is 6.07 Å². The fourth-order valence-electron chi connectivity index (χ4n) is 1.33. The number of carbonyl (C=O) groups excluding carboxylic acids is 1. The van der Waals surface area contributed by atoms with E-state index in [4.69, 9.17) is 10.5 Å². The monoisotopic (exact) mass is 207 g/mol. The first kappa shape index (κ1) is 11.7. The van der Waals surface area contributed by atoms with Gasteiger partial charge in [-0.05, 0) is 44.5 Å². The van der Waals surface area contributed by atoms with Crippen molar-refractivity contribution in [2.24, 2.45) is 5.73 Å². The minimum absolute atomic E-state index is 0.0455. The summed E-state index contributed by atoms with van der Waals surface area (Å²) in [4.78, 5) is 11.3. The second kappa shape index (κ2) is 4.94. The van der Waals surface area contributed by atoms with Crippen LogP contribution in [0.15, 0.2) is 18.2 Å². The molecule has 1 aromatic carbocycles. The van der Waals surface area contributed by atoms with E-state index in [2.05, 4.69) is 0 Å². The Kier molecular flexibility index (Phi) is 3.86. The highest BCUT2D eigenvalue weighted by atomic mass is 16.5. The molecule has 3 heteroatoms. The number of rotatable bonds is 4. The molecule has 3 nitrogen and oxygen atoms in total. The third-order valence-electron chi connectivity index (χ3n) is 2.04. The molecule has 0 bridgehead atoms. The number of carbonyl (C=O) groups is 1. The average Bonchev–Trinajstić information content (AvgIpc) is 2.19. The Labute approximate surface area is 90.2 Å². The van der Waals surface area contributed by atoms with E-state index >= 15 is 0 Å². The van der Waals surface area contributed by atoms with Gasteiger partial charge >= 0.3 is 0 Å². The van der Waals surface area contributed by atoms with E-state index in [0.29, 0.717) is 5.56 Å². The molecule has 2 N–H and O–H groups in total. The standard InChI is InChI=1S/C12H17NO2/c1-8(2)15-12-5-4-10(6-9(12)3)11(14)7-13/h4-6,8H,7,13H2,1-3H3. The topological polar surface area (TPSA) is 52.3 Å². The first-order valence-electron chi connectivity index (χ1n) is 5.05. The number of hydrogen-bond donors (Lipinski definition) is 1. The highest BCUT2D eigenvalue weighted by molar-refractivity contribution is 5.97. The molecule has 1 aromatic rings. The Morgan fingerprint density at radius 1 is 1.47 bits per heavy atom. The van der Waals surface area contributed by atoms with Crippen molar-refractivity contribution in [1.29, 1.82) is 0 Å². The summed E-state index contributed by atoms with van der Waals surface area (Å²) >= 11 is 0. The van der Waals surface area contributed by atoms with Crippen molar-refractivity contribution in [3.8, 4) is 5.75 Å². The van der Waals surface area contributed by atoms with Gasteiger partial charge in [0.25, 0.3) is 0 Å². The third kappa shape index (κ3) is 3.06. The van der Waals surface area contributed by atoms with Crippen LogP contribution in [0.4, 0.5) is 0 Å². The zero-order chi connectivity index (χ0) is 11.4. The fraction of sp³-hybridized carbons (Fsp3) is 0.417. The molecule has 0 atom stereocenters. The van der Waals surface area contributed by atoms with Crippen LogP contribution >= 0.6 is 0 Å². The van der Waals surface area contributed by atoms with Crippen LogP contribution in [0.5, 0.6) is 5.75 Å². The lowest BCUT2D eigenvalue weighted by Gasteiger charge is -2.12. The molecule has 0 aromatic heterocycles. The van der Waals surface area contributed by atoms with Gasteiger partial charge in [-0.3, -0.25) is 4.79 Å². The number of aryl methyl sites for hydroxylation is 1. The molecule has 0 aliphatic carbocycles. The molecule has 0 heterocycles. The Morgan fingerprint density at radius 3 is 2.60 bits per heavy atom. The van der Waals surface area contributed by atoms with Crippen molar-refractivity contribution in [2.45, 2.75) is 26.9 Å². The lowest BCUT2D eigenvalue weighted by atomic mass is 10.1. The first-order valence-corrected chi connectivity index (χ1v) is 5.05. The number of hydrogen-bond acceptors (Lipinski definition) is 3. The highest BCUT2D eigenvalue weighted by Gasteiger charge is 2.07. The van der Waals surface area contributed by atoms with Gasteiger partial charge in [0.15, 0.2) is 5.78 Å². The molecule has 0 saturated heterocycles. The summed E-state index contributed by atoms with van der Waals surface area (Å²) < 4.78 is 5.57. The third-order valence-corrected chi connectivity index (χ3v) is 2.04. The first-order chi connectivity index (χ1) is 7.04. The maximum atomic E-state index is 11.3. The molecule has 82 valence electrons. The van der Waals surface area contributed by atoms with Gasteiger partial charge in [0.1, 0.15) is 5.75 Å². The Morgan fingerprint density at radius 2 is 2.13 bits per heavy atom. The Balaban J connectivity index is 2.93. The quantitative estimate of drug-likeness (QED) is 0.767. The number of ether oxygens (including phenoxy) is 1. The van der Waals surface area contributed by atoms with E-state index in [9.17, 15) is 4.79 Å². The SMILES string of the molecule is Cc1cc(C(=O)CN)ccc1OC(C)C. The van der Waals surface area contributed by atoms with E-state index < -0.39 is 0 Å². The molecule has 0 fully saturated rings. The number of Topliss-reactive ketones (excluding diaryl/α,β-unsaturated/α-hetero) is 1. The average molecular weight is 207 g/mol. The van der Waals surface area contributed by atoms with Crippen LogP contribution in [0, 0.1) is 6.92 Å². The summed E-state index contributed by atoms with van der Waals surface area (Å²) in [6.07, 6.45) is 0.139. The fourth-order valence-corrected chi connectivity index (χ4v) is 1.33. The molecule has 0 aliphatic rings. The van der Waals surface area contributed by atoms with Crippen LogP contribution in [-0.2, 0) is 0 Å². The number of benzene rings is 1. The molecule has 1 rings (SSSR count). The van der Waals surface area contributed by atoms with Gasteiger partial charge in [0.05, 0.1) is 12.6 Å². The van der Waals surface area contributed by atoms with Gasteiger partial charge < -0.3 is 10.5 Å². The van der Waals surface area contributed by atoms with Crippen LogP contribution in [0.3, 0.4) is 0 Å². The van der Waals surface area contributed by atoms with Crippen LogP contribution < -0.4 is 10.5 Å². The van der Waals surface area contributed by atoms with E-state index in [1.165, 1.54) is 0 Å². The van der Waals surface area contributed by atoms with Crippen molar-refractivity contribution >= 4 is 5.78 Å². The summed E-state index contributed by atoms with van der Waals surface area (Å²) in [7, 11) is 0. The van der Waals surface area contributed by atoms with E-state index in [1.807, 2.05) is 32.9 Å². The Bertz CT molecular complexity index is 359. The zero-order valence-electron chi connectivity index (χ0n) is 9.41. The second-order valence-corrected chi connectivity index (χ2v) is 3.77. The van der Waals surface area contributed by atoms with Gasteiger partial charge in [-0.15, -0.1) is 0 Å². The molecule has 0 unspecified atom stereocenters. The van der Waals surface area contributed by atoms with Gasteiger partial charge in [-0.25, -0.2) is 0 Å². The van der Waals surface area contributed by atoms with Crippen molar-refractivity contribution in [2.75, 3.05) is 6.54 Å². The van der Waals surface area contributed by atoms with Crippen molar-refractivity contribution < 1.29 is 9.53 Å². The highest BCUT2D eigenvalue weighted by Crippen LogP contribution is 2.20. The van der Waals surface area contributed by atoms with Crippen molar-refractivity contribution in [3.63, 3.8) is 0 Å². The summed E-state index contributed by atoms with van der Waals surface area (Å²) in [5.41, 5.74) is 6.90. The molecule has 0 spiro atoms. The normalized spacial score (nSPS) is 10.5. The zero-order valence-corrected chi connectivity index (χ0v) is 9.41. The van der Waals surface area contributed by atoms with Crippen LogP contribution in [0.2, 0.25) is 0 Å². The minimum atomic E-state index is -0.0470. The Hall–Kier alpha value is -1.35. The lowest BCUT2D eigenvalue weighted by molar-refractivity contribution is 0.100. The van der Waals surface area contributed by atoms with Crippen molar-refractivity contribution in [1.82, 2.24) is 0 Å². The maximum Gasteiger partial charge on any atom is 0.176 e. The van der Waals surface area contributed by atoms with Crippen LogP contribution in [-0.4, -0.2) is 18.4 Å². The van der Waals surface area contributed by atoms with Crippen LogP contribution in [0.25, 0.3) is 0 Å². The van der Waals surface area contributed by atoms with Gasteiger partial charge in [-0.1, -0.05) is 0 Å². The summed E-state index contributed by atoms with van der Waals surface area (Å²) in [5.74, 6) is 0.771. The molecule has 0 radical (unpaired) electrons. The largest absolute Gasteiger partial charge is 0.491 e. The maximum absolute atomic E-state index is 11.3. The molecular formula is C12H17NO2. The number of nitrogens with two attached hydrogens (primary N) is 1. The summed E-state index contributed by atoms with van der Waals surface area (Å²) in [6, 6.07) is 5.38. The molecular weight excluding hydrogens is 190 g/mol. The van der Waals surface area contributed by atoms with Gasteiger partial charge in [0, 0.05) is 5.56 Å². The van der Waals surface area contributed by atoms with Crippen LogP contribution in [0.1, 0.15) is 29.8 Å². The summed E-state index contributed by atoms with van der Waals surface area (Å²) in [5, 5.41) is 0. The van der Waals surface area contributed by atoms with E-state index in [-0.39, 0.29) is 18.4 Å². The van der Waals surface area contributed by atoms with Gasteiger partial charge in [-0.2, -0.15) is 0 Å². The minimum Gasteiger partial charge on any atom is -0.491 e.